The third-order valence-corrected chi connectivity index (χ3v) is 4.44. The molecular formula is C20H22N2O2. The van der Waals surface area contributed by atoms with E-state index in [2.05, 4.69) is 22.8 Å². The highest BCUT2D eigenvalue weighted by Gasteiger charge is 2.37. The Morgan fingerprint density at radius 1 is 1.17 bits per heavy atom. The highest BCUT2D eigenvalue weighted by molar-refractivity contribution is 5.89. The first-order valence-corrected chi connectivity index (χ1v) is 8.13. The minimum atomic E-state index is -0.432. The van der Waals surface area contributed by atoms with Crippen molar-refractivity contribution in [2.75, 3.05) is 5.32 Å². The molecule has 2 amide bonds. The normalized spacial score (nSPS) is 19.0. The molecular weight excluding hydrogens is 300 g/mol. The van der Waals surface area contributed by atoms with E-state index < -0.39 is 5.54 Å². The summed E-state index contributed by atoms with van der Waals surface area (Å²) in [4.78, 5) is 23.7. The number of carbonyl (C=O) groups is 2. The lowest BCUT2D eigenvalue weighted by Crippen LogP contribution is -2.47. The zero-order valence-electron chi connectivity index (χ0n) is 14.2. The number of amides is 2. The minimum Gasteiger partial charge on any atom is -0.350 e. The predicted octanol–water partition coefficient (Wildman–Crippen LogP) is 3.23. The van der Waals surface area contributed by atoms with Crippen LogP contribution in [-0.4, -0.2) is 17.4 Å². The van der Waals surface area contributed by atoms with E-state index in [1.807, 2.05) is 50.2 Å². The third-order valence-electron chi connectivity index (χ3n) is 4.44. The van der Waals surface area contributed by atoms with E-state index in [1.54, 1.807) is 0 Å². The summed E-state index contributed by atoms with van der Waals surface area (Å²) in [5, 5.41) is 5.99. The molecule has 2 aromatic rings. The van der Waals surface area contributed by atoms with Gasteiger partial charge in [0.25, 0.3) is 0 Å². The Kier molecular flexibility index (Phi) is 4.14. The molecule has 0 fully saturated rings. The van der Waals surface area contributed by atoms with Gasteiger partial charge >= 0.3 is 0 Å². The zero-order valence-corrected chi connectivity index (χ0v) is 14.2. The molecule has 1 aliphatic rings. The molecule has 24 heavy (non-hydrogen) atoms. The number of hydrogen-bond acceptors (Lipinski definition) is 2. The Morgan fingerprint density at radius 2 is 1.88 bits per heavy atom. The molecule has 124 valence electrons. The van der Waals surface area contributed by atoms with Crippen molar-refractivity contribution < 1.29 is 9.59 Å². The van der Waals surface area contributed by atoms with E-state index in [0.717, 1.165) is 22.4 Å². The van der Waals surface area contributed by atoms with Crippen molar-refractivity contribution in [1.29, 1.82) is 0 Å². The Balaban J connectivity index is 2.18. The van der Waals surface area contributed by atoms with Crippen LogP contribution in [0.4, 0.5) is 5.69 Å². The van der Waals surface area contributed by atoms with Crippen LogP contribution in [0.5, 0.6) is 0 Å². The Hall–Kier alpha value is -2.62. The molecule has 1 unspecified atom stereocenters. The Morgan fingerprint density at radius 3 is 2.54 bits per heavy atom. The average molecular weight is 322 g/mol. The number of carbonyl (C=O) groups excluding carboxylic acids is 2. The third kappa shape index (κ3) is 3.18. The van der Waals surface area contributed by atoms with Crippen molar-refractivity contribution in [2.45, 2.75) is 38.6 Å². The van der Waals surface area contributed by atoms with Gasteiger partial charge in [0, 0.05) is 24.1 Å². The van der Waals surface area contributed by atoms with Crippen molar-refractivity contribution in [2.24, 2.45) is 0 Å². The summed E-state index contributed by atoms with van der Waals surface area (Å²) in [7, 11) is 0. The highest BCUT2D eigenvalue weighted by Crippen LogP contribution is 2.39. The molecule has 1 heterocycles. The van der Waals surface area contributed by atoms with Gasteiger partial charge in [-0.05, 0) is 42.7 Å². The second-order valence-electron chi connectivity index (χ2n) is 6.89. The minimum absolute atomic E-state index is 0.00820. The monoisotopic (exact) mass is 322 g/mol. The van der Waals surface area contributed by atoms with Crippen molar-refractivity contribution in [3.8, 4) is 0 Å². The predicted molar refractivity (Wildman–Crippen MR) is 95.0 cm³/mol. The summed E-state index contributed by atoms with van der Waals surface area (Å²) in [6.45, 7) is 5.58. The largest absolute Gasteiger partial charge is 0.350 e. The van der Waals surface area contributed by atoms with E-state index in [4.69, 9.17) is 0 Å². The molecule has 3 rings (SSSR count). The zero-order chi connectivity index (χ0) is 17.3. The molecule has 0 saturated carbocycles. The van der Waals surface area contributed by atoms with Gasteiger partial charge in [-0.15, -0.1) is 0 Å². The molecule has 4 heteroatoms. The number of benzene rings is 2. The van der Waals surface area contributed by atoms with Gasteiger partial charge in [0.1, 0.15) is 0 Å². The van der Waals surface area contributed by atoms with Crippen molar-refractivity contribution in [3.05, 3.63) is 65.2 Å². The van der Waals surface area contributed by atoms with Gasteiger partial charge in [-0.2, -0.15) is 0 Å². The summed E-state index contributed by atoms with van der Waals surface area (Å²) >= 11 is 0. The highest BCUT2D eigenvalue weighted by atomic mass is 16.2. The molecule has 4 nitrogen and oxygen atoms in total. The first-order valence-electron chi connectivity index (χ1n) is 8.13. The first-order chi connectivity index (χ1) is 11.4. The van der Waals surface area contributed by atoms with Crippen LogP contribution in [0, 0.1) is 0 Å². The van der Waals surface area contributed by atoms with Gasteiger partial charge in [-0.1, -0.05) is 36.4 Å². The smallest absolute Gasteiger partial charge is 0.224 e. The fraction of sp³-hybridized carbons (Fsp3) is 0.300. The molecule has 0 aliphatic carbocycles. The lowest BCUT2D eigenvalue weighted by molar-refractivity contribution is -0.122. The van der Waals surface area contributed by atoms with Crippen molar-refractivity contribution in [1.82, 2.24) is 5.32 Å². The first kappa shape index (κ1) is 16.2. The van der Waals surface area contributed by atoms with Crippen LogP contribution in [0.15, 0.2) is 48.5 Å². The van der Waals surface area contributed by atoms with E-state index in [9.17, 15) is 9.59 Å². The lowest BCUT2D eigenvalue weighted by atomic mass is 9.76. The SMILES string of the molecule is CC(=O)Nc1ccc2c(c1)C(c1ccccc1)C(C)(C)NC(=O)C2. The van der Waals surface area contributed by atoms with Crippen LogP contribution in [0.1, 0.15) is 43.4 Å². The summed E-state index contributed by atoms with van der Waals surface area (Å²) < 4.78 is 0. The summed E-state index contributed by atoms with van der Waals surface area (Å²) in [5.74, 6) is -0.0749. The van der Waals surface area contributed by atoms with Crippen LogP contribution < -0.4 is 10.6 Å². The van der Waals surface area contributed by atoms with E-state index in [-0.39, 0.29) is 17.7 Å². The molecule has 2 aromatic carbocycles. The van der Waals surface area contributed by atoms with Crippen LogP contribution in [-0.2, 0) is 16.0 Å². The summed E-state index contributed by atoms with van der Waals surface area (Å²) in [6.07, 6.45) is 0.350. The fourth-order valence-corrected chi connectivity index (χ4v) is 3.58. The van der Waals surface area contributed by atoms with Crippen molar-refractivity contribution >= 4 is 17.5 Å². The molecule has 0 radical (unpaired) electrons. The van der Waals surface area contributed by atoms with Crippen LogP contribution in [0.25, 0.3) is 0 Å². The van der Waals surface area contributed by atoms with Crippen molar-refractivity contribution in [3.63, 3.8) is 0 Å². The van der Waals surface area contributed by atoms with Gasteiger partial charge in [0.2, 0.25) is 11.8 Å². The summed E-state index contributed by atoms with van der Waals surface area (Å²) in [5.41, 5.74) is 3.55. The van der Waals surface area contributed by atoms with Gasteiger partial charge in [-0.3, -0.25) is 9.59 Å². The standard InChI is InChI=1S/C20H22N2O2/c1-13(23)21-16-10-9-15-11-18(24)22-20(2,3)19(17(15)12-16)14-7-5-4-6-8-14/h4-10,12,19H,11H2,1-3H3,(H,21,23)(H,22,24). The Labute approximate surface area is 142 Å². The number of fused-ring (bicyclic) bond motifs is 1. The number of anilines is 1. The van der Waals surface area contributed by atoms with Gasteiger partial charge in [-0.25, -0.2) is 0 Å². The van der Waals surface area contributed by atoms with Gasteiger partial charge < -0.3 is 10.6 Å². The number of rotatable bonds is 2. The number of hydrogen-bond donors (Lipinski definition) is 2. The molecule has 0 bridgehead atoms. The molecule has 0 saturated heterocycles. The summed E-state index contributed by atoms with van der Waals surface area (Å²) in [6, 6.07) is 16.0. The fourth-order valence-electron chi connectivity index (χ4n) is 3.58. The second kappa shape index (κ2) is 6.11. The molecule has 1 atom stereocenters. The lowest BCUT2D eigenvalue weighted by Gasteiger charge is -2.35. The van der Waals surface area contributed by atoms with Crippen LogP contribution >= 0.6 is 0 Å². The van der Waals surface area contributed by atoms with Gasteiger partial charge in [0.15, 0.2) is 0 Å². The molecule has 0 aromatic heterocycles. The maximum absolute atomic E-state index is 12.3. The number of nitrogens with one attached hydrogen (secondary N) is 2. The topological polar surface area (TPSA) is 58.2 Å². The van der Waals surface area contributed by atoms with Gasteiger partial charge in [0.05, 0.1) is 6.42 Å². The van der Waals surface area contributed by atoms with Crippen LogP contribution in [0.3, 0.4) is 0 Å². The molecule has 0 spiro atoms. The molecule has 2 N–H and O–H groups in total. The second-order valence-corrected chi connectivity index (χ2v) is 6.89. The van der Waals surface area contributed by atoms with E-state index in [1.165, 1.54) is 6.92 Å². The van der Waals surface area contributed by atoms with E-state index >= 15 is 0 Å². The maximum Gasteiger partial charge on any atom is 0.224 e. The molecule has 1 aliphatic heterocycles. The van der Waals surface area contributed by atoms with E-state index in [0.29, 0.717) is 6.42 Å². The average Bonchev–Trinajstić information content (AvgIpc) is 2.59. The Bertz CT molecular complexity index is 781. The maximum atomic E-state index is 12.3. The quantitative estimate of drug-likeness (QED) is 0.892. The van der Waals surface area contributed by atoms with Crippen LogP contribution in [0.2, 0.25) is 0 Å².